The number of nitro groups is 1. The molecule has 4 nitrogen and oxygen atoms in total. The summed E-state index contributed by atoms with van der Waals surface area (Å²) >= 11 is 0. The third kappa shape index (κ3) is 3.59. The fourth-order valence-corrected chi connectivity index (χ4v) is 1.55. The lowest BCUT2D eigenvalue weighted by Gasteiger charge is -2.23. The molecule has 0 heterocycles. The molecule has 1 aromatic rings. The van der Waals surface area contributed by atoms with Gasteiger partial charge >= 0.3 is 18.6 Å². The summed E-state index contributed by atoms with van der Waals surface area (Å²) in [7, 11) is 0. The van der Waals surface area contributed by atoms with Gasteiger partial charge in [-0.05, 0) is 17.7 Å². The quantitative estimate of drug-likeness (QED) is 0.404. The molecule has 0 saturated carbocycles. The molecule has 20 heavy (non-hydrogen) atoms. The molecule has 0 amide bonds. The average molecular weight is 303 g/mol. The predicted molar refractivity (Wildman–Crippen MR) is 53.2 cm³/mol. The van der Waals surface area contributed by atoms with Crippen molar-refractivity contribution in [3.63, 3.8) is 0 Å². The fraction of sp³-hybridized carbons (Fsp3) is 0.400. The zero-order valence-corrected chi connectivity index (χ0v) is 9.44. The molecule has 112 valence electrons. The monoisotopic (exact) mass is 303 g/mol. The summed E-state index contributed by atoms with van der Waals surface area (Å²) in [5.74, 6) is -3.68. The van der Waals surface area contributed by atoms with Crippen molar-refractivity contribution >= 4 is 0 Å². The van der Waals surface area contributed by atoms with Crippen molar-refractivity contribution in [2.45, 2.75) is 24.5 Å². The second kappa shape index (κ2) is 5.27. The molecular formula is C10H7F6NO3. The third-order valence-corrected chi connectivity index (χ3v) is 2.42. The van der Waals surface area contributed by atoms with Crippen molar-refractivity contribution in [1.82, 2.24) is 0 Å². The Morgan fingerprint density at radius 1 is 0.950 bits per heavy atom. The van der Waals surface area contributed by atoms with E-state index in [1.54, 1.807) is 0 Å². The number of rotatable bonds is 3. The SMILES string of the molecule is O=[N+]([O-])C(O)c1ccc(C(C(F)(F)F)C(F)(F)F)cc1. The number of benzene rings is 1. The number of hydrogen-bond donors (Lipinski definition) is 1. The van der Waals surface area contributed by atoms with E-state index in [1.807, 2.05) is 0 Å². The Hall–Kier alpha value is -1.84. The fourth-order valence-electron chi connectivity index (χ4n) is 1.55. The van der Waals surface area contributed by atoms with Crippen LogP contribution >= 0.6 is 0 Å². The van der Waals surface area contributed by atoms with E-state index in [-0.39, 0.29) is 0 Å². The van der Waals surface area contributed by atoms with Crippen LogP contribution in [0.25, 0.3) is 0 Å². The maximum Gasteiger partial charge on any atom is 0.404 e. The number of nitrogens with zero attached hydrogens (tertiary/aromatic N) is 1. The molecule has 0 aliphatic carbocycles. The van der Waals surface area contributed by atoms with E-state index in [0.717, 1.165) is 0 Å². The van der Waals surface area contributed by atoms with Crippen molar-refractivity contribution in [2.75, 3.05) is 0 Å². The largest absolute Gasteiger partial charge is 0.404 e. The van der Waals surface area contributed by atoms with Gasteiger partial charge < -0.3 is 5.11 Å². The van der Waals surface area contributed by atoms with Gasteiger partial charge in [0, 0.05) is 0 Å². The minimum absolute atomic E-state index is 0.415. The third-order valence-electron chi connectivity index (χ3n) is 2.42. The first-order chi connectivity index (χ1) is 8.94. The molecule has 1 rings (SSSR count). The average Bonchev–Trinajstić information content (AvgIpc) is 2.25. The van der Waals surface area contributed by atoms with Gasteiger partial charge in [-0.25, -0.2) is 0 Å². The second-order valence-corrected chi connectivity index (χ2v) is 3.84. The molecule has 0 fully saturated rings. The Balaban J connectivity index is 3.16. The highest BCUT2D eigenvalue weighted by atomic mass is 19.4. The van der Waals surface area contributed by atoms with Crippen LogP contribution < -0.4 is 0 Å². The predicted octanol–water partition coefficient (Wildman–Crippen LogP) is 3.16. The maximum absolute atomic E-state index is 12.4. The number of hydrogen-bond acceptors (Lipinski definition) is 3. The molecule has 1 atom stereocenters. The lowest BCUT2D eigenvalue weighted by molar-refractivity contribution is -0.578. The van der Waals surface area contributed by atoms with E-state index in [2.05, 4.69) is 0 Å². The van der Waals surface area contributed by atoms with Gasteiger partial charge in [-0.2, -0.15) is 26.3 Å². The molecule has 0 aromatic heterocycles. The van der Waals surface area contributed by atoms with Gasteiger partial charge in [0.05, 0.1) is 10.5 Å². The van der Waals surface area contributed by atoms with Gasteiger partial charge in [-0.3, -0.25) is 10.1 Å². The van der Waals surface area contributed by atoms with Crippen molar-refractivity contribution in [1.29, 1.82) is 0 Å². The number of aliphatic hydroxyl groups is 1. The Morgan fingerprint density at radius 3 is 1.60 bits per heavy atom. The summed E-state index contributed by atoms with van der Waals surface area (Å²) in [5, 5.41) is 19.2. The van der Waals surface area contributed by atoms with E-state index in [4.69, 9.17) is 5.11 Å². The first-order valence-corrected chi connectivity index (χ1v) is 4.99. The summed E-state index contributed by atoms with van der Waals surface area (Å²) in [6.07, 6.45) is -13.3. The molecule has 10 heteroatoms. The maximum atomic E-state index is 12.4. The molecule has 0 spiro atoms. The smallest absolute Gasteiger partial charge is 0.329 e. The van der Waals surface area contributed by atoms with E-state index >= 15 is 0 Å². The summed E-state index contributed by atoms with van der Waals surface area (Å²) in [6, 6.07) is 2.20. The Kier molecular flexibility index (Phi) is 4.27. The van der Waals surface area contributed by atoms with Crippen LogP contribution in [0.15, 0.2) is 24.3 Å². The van der Waals surface area contributed by atoms with Crippen LogP contribution in [0.3, 0.4) is 0 Å². The van der Waals surface area contributed by atoms with Crippen LogP contribution in [-0.2, 0) is 0 Å². The lowest BCUT2D eigenvalue weighted by atomic mass is 9.96. The van der Waals surface area contributed by atoms with Crippen LogP contribution in [0, 0.1) is 10.1 Å². The van der Waals surface area contributed by atoms with Gasteiger partial charge in [-0.15, -0.1) is 0 Å². The van der Waals surface area contributed by atoms with E-state index in [9.17, 15) is 36.5 Å². The zero-order valence-electron chi connectivity index (χ0n) is 9.44. The van der Waals surface area contributed by atoms with Crippen molar-refractivity contribution in [2.24, 2.45) is 0 Å². The second-order valence-electron chi connectivity index (χ2n) is 3.84. The van der Waals surface area contributed by atoms with Crippen molar-refractivity contribution in [3.05, 3.63) is 45.5 Å². The summed E-state index contributed by atoms with van der Waals surface area (Å²) in [6.45, 7) is 0. The topological polar surface area (TPSA) is 63.4 Å². The minimum Gasteiger partial charge on any atom is -0.329 e. The molecule has 0 aliphatic heterocycles. The number of alkyl halides is 6. The van der Waals surface area contributed by atoms with Gasteiger partial charge in [-0.1, -0.05) is 12.1 Å². The summed E-state index contributed by atoms with van der Waals surface area (Å²) in [4.78, 5) is 9.09. The van der Waals surface area contributed by atoms with E-state index in [0.29, 0.717) is 24.3 Å². The molecule has 0 bridgehead atoms. The lowest BCUT2D eigenvalue weighted by Crippen LogP contribution is -2.34. The molecule has 0 aliphatic rings. The van der Waals surface area contributed by atoms with Gasteiger partial charge in [0.1, 0.15) is 0 Å². The van der Waals surface area contributed by atoms with Crippen LogP contribution in [0.4, 0.5) is 26.3 Å². The van der Waals surface area contributed by atoms with Crippen LogP contribution in [0.5, 0.6) is 0 Å². The summed E-state index contributed by atoms with van der Waals surface area (Å²) < 4.78 is 74.5. The number of aliphatic hydroxyl groups excluding tert-OH is 1. The van der Waals surface area contributed by atoms with Crippen molar-refractivity contribution < 1.29 is 36.4 Å². The van der Waals surface area contributed by atoms with Crippen LogP contribution in [0.2, 0.25) is 0 Å². The highest BCUT2D eigenvalue weighted by Crippen LogP contribution is 2.46. The first-order valence-electron chi connectivity index (χ1n) is 4.99. The first kappa shape index (κ1) is 16.2. The normalized spacial score (nSPS) is 14.4. The van der Waals surface area contributed by atoms with E-state index in [1.165, 1.54) is 0 Å². The van der Waals surface area contributed by atoms with Crippen LogP contribution in [-0.4, -0.2) is 22.4 Å². The minimum atomic E-state index is -5.54. The molecule has 1 unspecified atom stereocenters. The Labute approximate surface area is 107 Å². The zero-order chi connectivity index (χ0) is 15.7. The van der Waals surface area contributed by atoms with Gasteiger partial charge in [0.15, 0.2) is 5.92 Å². The van der Waals surface area contributed by atoms with Gasteiger partial charge in [0.25, 0.3) is 0 Å². The van der Waals surface area contributed by atoms with Gasteiger partial charge in [0.2, 0.25) is 0 Å². The molecule has 1 N–H and O–H groups in total. The highest BCUT2D eigenvalue weighted by Gasteiger charge is 2.57. The highest BCUT2D eigenvalue weighted by molar-refractivity contribution is 5.28. The molecule has 1 aromatic carbocycles. The Morgan fingerprint density at radius 2 is 1.30 bits per heavy atom. The molecule has 0 radical (unpaired) electrons. The Bertz CT molecular complexity index is 467. The van der Waals surface area contributed by atoms with Crippen LogP contribution in [0.1, 0.15) is 23.3 Å². The van der Waals surface area contributed by atoms with E-state index < -0.39 is 40.5 Å². The molecular weight excluding hydrogens is 296 g/mol. The molecule has 0 saturated heterocycles. The van der Waals surface area contributed by atoms with Crippen molar-refractivity contribution in [3.8, 4) is 0 Å². The standard InChI is InChI=1S/C10H7F6NO3/c11-9(12,13)7(10(14,15)16)5-1-3-6(4-2-5)8(18)17(19)20/h1-4,7-8,18H. The summed E-state index contributed by atoms with van der Waals surface area (Å²) in [5.41, 5.74) is -1.52. The number of halogens is 6.